The molecule has 2 aromatic heterocycles. The van der Waals surface area contributed by atoms with E-state index in [1.807, 2.05) is 22.7 Å². The van der Waals surface area contributed by atoms with E-state index < -0.39 is 0 Å². The second-order valence-electron chi connectivity index (χ2n) is 2.79. The maximum Gasteiger partial charge on any atom is 0.381 e. The molecule has 0 amide bonds. The van der Waals surface area contributed by atoms with Gasteiger partial charge in [0, 0.05) is 21.9 Å². The van der Waals surface area contributed by atoms with Gasteiger partial charge in [-0.05, 0) is 26.0 Å². The molecule has 0 aromatic carbocycles. The van der Waals surface area contributed by atoms with Gasteiger partial charge in [-0.25, -0.2) is 0 Å². The third-order valence-electron chi connectivity index (χ3n) is 1.60. The molecule has 0 saturated carbocycles. The third kappa shape index (κ3) is 2.54. The van der Waals surface area contributed by atoms with Crippen LogP contribution in [-0.4, -0.2) is 0 Å². The SMILES string of the molecule is Cc1ccc([I+]c2ccc(C)s2)s1. The molecular formula is C10H10IS2+. The highest BCUT2D eigenvalue weighted by Crippen LogP contribution is 2.07. The van der Waals surface area contributed by atoms with Gasteiger partial charge in [-0.2, -0.15) is 0 Å². The van der Waals surface area contributed by atoms with E-state index in [-0.39, 0.29) is 21.2 Å². The van der Waals surface area contributed by atoms with Crippen molar-refractivity contribution in [2.24, 2.45) is 0 Å². The molecule has 3 heteroatoms. The number of halogens is 1. The van der Waals surface area contributed by atoms with Gasteiger partial charge >= 0.3 is 21.2 Å². The first-order valence-corrected chi connectivity index (χ1v) is 7.81. The largest absolute Gasteiger partial charge is 0.381 e. The Kier molecular flexibility index (Phi) is 3.06. The summed E-state index contributed by atoms with van der Waals surface area (Å²) in [5.41, 5.74) is 0. The summed E-state index contributed by atoms with van der Waals surface area (Å²) >= 11 is 4.00. The predicted octanol–water partition coefficient (Wildman–Crippen LogP) is 0.555. The molecule has 2 heterocycles. The Morgan fingerprint density at radius 3 is 1.62 bits per heavy atom. The van der Waals surface area contributed by atoms with Gasteiger partial charge < -0.3 is 0 Å². The highest BCUT2D eigenvalue weighted by Gasteiger charge is 2.18. The van der Waals surface area contributed by atoms with E-state index in [4.69, 9.17) is 0 Å². The predicted molar refractivity (Wildman–Crippen MR) is 55.5 cm³/mol. The first kappa shape index (κ1) is 9.68. The average Bonchev–Trinajstić information content (AvgIpc) is 2.62. The average molecular weight is 321 g/mol. The van der Waals surface area contributed by atoms with Crippen molar-refractivity contribution in [3.05, 3.63) is 39.8 Å². The molecular weight excluding hydrogens is 311 g/mol. The number of aryl methyl sites for hydroxylation is 2. The molecule has 0 fully saturated rings. The second-order valence-corrected chi connectivity index (χ2v) is 9.70. The van der Waals surface area contributed by atoms with Crippen molar-refractivity contribution in [1.82, 2.24) is 0 Å². The van der Waals surface area contributed by atoms with Crippen molar-refractivity contribution < 1.29 is 21.2 Å². The topological polar surface area (TPSA) is 0 Å². The first-order chi connectivity index (χ1) is 6.24. The Morgan fingerprint density at radius 2 is 1.31 bits per heavy atom. The van der Waals surface area contributed by atoms with Crippen molar-refractivity contribution in [1.29, 1.82) is 0 Å². The summed E-state index contributed by atoms with van der Waals surface area (Å²) in [6, 6.07) is 9.00. The van der Waals surface area contributed by atoms with Crippen LogP contribution in [0.1, 0.15) is 9.75 Å². The maximum absolute atomic E-state index is 2.28. The van der Waals surface area contributed by atoms with Crippen LogP contribution in [0.25, 0.3) is 0 Å². The van der Waals surface area contributed by atoms with Gasteiger partial charge in [-0.3, -0.25) is 0 Å². The fraction of sp³-hybridized carbons (Fsp3) is 0.200. The van der Waals surface area contributed by atoms with Gasteiger partial charge in [0.2, 0.25) is 5.77 Å². The quantitative estimate of drug-likeness (QED) is 0.709. The van der Waals surface area contributed by atoms with Crippen LogP contribution in [0.15, 0.2) is 24.3 Å². The number of hydrogen-bond acceptors (Lipinski definition) is 2. The van der Waals surface area contributed by atoms with Crippen LogP contribution in [0.2, 0.25) is 0 Å². The standard InChI is InChI=1S/C10H10IS2/c1-7-3-5-9(12-7)11-10-6-4-8(2)13-10/h3-6H,1-2H3/q+1. The highest BCUT2D eigenvalue weighted by atomic mass is 127. The molecule has 0 spiro atoms. The molecule has 0 unspecified atom stereocenters. The zero-order valence-corrected chi connectivity index (χ0v) is 11.3. The first-order valence-electron chi connectivity index (χ1n) is 4.02. The molecule has 0 saturated heterocycles. The minimum Gasteiger partial charge on any atom is -0.0930 e. The lowest BCUT2D eigenvalue weighted by molar-refractivity contribution is -0.585. The van der Waals surface area contributed by atoms with E-state index in [0.717, 1.165) is 0 Å². The molecule has 13 heavy (non-hydrogen) atoms. The Morgan fingerprint density at radius 1 is 0.846 bits per heavy atom. The molecule has 0 nitrogen and oxygen atoms in total. The van der Waals surface area contributed by atoms with E-state index in [1.165, 1.54) is 9.75 Å². The lowest BCUT2D eigenvalue weighted by Crippen LogP contribution is -3.61. The Hall–Kier alpha value is 0.130. The molecule has 0 bridgehead atoms. The van der Waals surface area contributed by atoms with Gasteiger partial charge in [0.05, 0.1) is 0 Å². The van der Waals surface area contributed by atoms with Crippen molar-refractivity contribution in [3.63, 3.8) is 0 Å². The van der Waals surface area contributed by atoms with Crippen molar-refractivity contribution in [2.75, 3.05) is 0 Å². The van der Waals surface area contributed by atoms with E-state index in [2.05, 4.69) is 38.1 Å². The fourth-order valence-corrected chi connectivity index (χ4v) is 7.67. The molecule has 0 aliphatic carbocycles. The molecule has 0 aliphatic rings. The third-order valence-corrected chi connectivity index (χ3v) is 7.32. The van der Waals surface area contributed by atoms with E-state index in [9.17, 15) is 0 Å². The lowest BCUT2D eigenvalue weighted by atomic mass is 10.5. The van der Waals surface area contributed by atoms with E-state index in [1.54, 1.807) is 5.77 Å². The molecule has 2 aromatic rings. The van der Waals surface area contributed by atoms with Crippen molar-refractivity contribution in [2.45, 2.75) is 13.8 Å². The zero-order chi connectivity index (χ0) is 9.26. The summed E-state index contributed by atoms with van der Waals surface area (Å²) < 4.78 is 3.16. The summed E-state index contributed by atoms with van der Waals surface area (Å²) in [5, 5.41) is 0. The second kappa shape index (κ2) is 4.11. The maximum atomic E-state index is 2.28. The molecule has 2 rings (SSSR count). The molecule has 0 aliphatic heterocycles. The molecule has 0 atom stereocenters. The van der Waals surface area contributed by atoms with Gasteiger partial charge in [-0.15, -0.1) is 0 Å². The van der Waals surface area contributed by atoms with E-state index >= 15 is 0 Å². The summed E-state index contributed by atoms with van der Waals surface area (Å²) in [5.74, 6) is 0. The smallest absolute Gasteiger partial charge is 0.0930 e. The molecule has 0 radical (unpaired) electrons. The van der Waals surface area contributed by atoms with Crippen molar-refractivity contribution >= 4 is 22.7 Å². The summed E-state index contributed by atoms with van der Waals surface area (Å²) in [7, 11) is 0. The lowest BCUT2D eigenvalue weighted by Gasteiger charge is -1.73. The minimum atomic E-state index is 0.107. The number of thiophene rings is 2. The van der Waals surface area contributed by atoms with Crippen LogP contribution < -0.4 is 21.2 Å². The summed E-state index contributed by atoms with van der Waals surface area (Å²) in [4.78, 5) is 2.87. The van der Waals surface area contributed by atoms with Gasteiger partial charge in [0.15, 0.2) is 0 Å². The monoisotopic (exact) mass is 321 g/mol. The van der Waals surface area contributed by atoms with Crippen LogP contribution in [0.5, 0.6) is 0 Å². The Balaban J connectivity index is 2.14. The normalized spacial score (nSPS) is 10.6. The van der Waals surface area contributed by atoms with Crippen LogP contribution in [0, 0.1) is 19.6 Å². The van der Waals surface area contributed by atoms with Gasteiger partial charge in [0.1, 0.15) is 0 Å². The van der Waals surface area contributed by atoms with Crippen LogP contribution >= 0.6 is 22.7 Å². The van der Waals surface area contributed by atoms with Crippen molar-refractivity contribution in [3.8, 4) is 0 Å². The fourth-order valence-electron chi connectivity index (χ4n) is 1.00. The van der Waals surface area contributed by atoms with Crippen LogP contribution in [0.3, 0.4) is 0 Å². The number of hydrogen-bond donors (Lipinski definition) is 0. The zero-order valence-electron chi connectivity index (χ0n) is 7.50. The summed E-state index contributed by atoms with van der Waals surface area (Å²) in [6.45, 7) is 4.36. The Bertz CT molecular complexity index is 362. The molecule has 0 N–H and O–H groups in total. The van der Waals surface area contributed by atoms with Gasteiger partial charge in [-0.1, -0.05) is 22.7 Å². The van der Waals surface area contributed by atoms with Crippen LogP contribution in [0.4, 0.5) is 0 Å². The highest BCUT2D eigenvalue weighted by molar-refractivity contribution is 7.10. The summed E-state index contributed by atoms with van der Waals surface area (Å²) in [6.07, 6.45) is 0. The minimum absolute atomic E-state index is 0.107. The van der Waals surface area contributed by atoms with Gasteiger partial charge in [0.25, 0.3) is 0 Å². The molecule has 68 valence electrons. The number of rotatable bonds is 2. The van der Waals surface area contributed by atoms with E-state index in [0.29, 0.717) is 0 Å². The Labute approximate surface area is 96.9 Å². The van der Waals surface area contributed by atoms with Crippen LogP contribution in [-0.2, 0) is 0 Å².